The van der Waals surface area contributed by atoms with Crippen molar-refractivity contribution in [2.45, 2.75) is 44.6 Å². The van der Waals surface area contributed by atoms with Crippen LogP contribution in [0.4, 0.5) is 0 Å². The average Bonchev–Trinajstić information content (AvgIpc) is 3.63. The second-order valence-corrected chi connectivity index (χ2v) is 11.9. The normalized spacial score (nSPS) is 15.0. The number of hydrogen-bond donors (Lipinski definition) is 1. The molecule has 0 spiro atoms. The predicted octanol–water partition coefficient (Wildman–Crippen LogP) is 1.98. The Morgan fingerprint density at radius 2 is 1.93 bits per heavy atom. The van der Waals surface area contributed by atoms with Crippen LogP contribution in [0.5, 0.6) is 5.75 Å². The van der Waals surface area contributed by atoms with Crippen LogP contribution in [0, 0.1) is 0 Å². The zero-order valence-electron chi connectivity index (χ0n) is 23.2. The first-order valence-corrected chi connectivity index (χ1v) is 15.1. The van der Waals surface area contributed by atoms with Gasteiger partial charge in [-0.15, -0.1) is 10.2 Å². The Labute approximate surface area is 232 Å². The molecule has 0 unspecified atom stereocenters. The minimum Gasteiger partial charge on any atom is -0.493 e. The Kier molecular flexibility index (Phi) is 8.49. The number of aromatic amines is 1. The summed E-state index contributed by atoms with van der Waals surface area (Å²) in [5, 5.41) is 8.05. The number of sulfonamides is 1. The van der Waals surface area contributed by atoms with Gasteiger partial charge in [0.1, 0.15) is 23.4 Å². The molecule has 216 valence electrons. The summed E-state index contributed by atoms with van der Waals surface area (Å²) in [5.74, 6) is 0.880. The molecule has 0 radical (unpaired) electrons. The average molecular weight is 573 g/mol. The lowest BCUT2D eigenvalue weighted by atomic mass is 10.2. The first-order chi connectivity index (χ1) is 19.3. The maximum absolute atomic E-state index is 13.6. The van der Waals surface area contributed by atoms with Crippen LogP contribution in [0.15, 0.2) is 34.2 Å². The third-order valence-electron chi connectivity index (χ3n) is 7.09. The fourth-order valence-electron chi connectivity index (χ4n) is 4.73. The van der Waals surface area contributed by atoms with Gasteiger partial charge in [0.05, 0.1) is 30.3 Å². The number of unbranched alkanes of at least 4 members (excludes halogenated alkanes) is 1. The summed E-state index contributed by atoms with van der Waals surface area (Å²) in [6.07, 6.45) is 3.86. The van der Waals surface area contributed by atoms with Gasteiger partial charge in [-0.1, -0.05) is 20.3 Å². The number of benzene rings is 1. The van der Waals surface area contributed by atoms with Crippen molar-refractivity contribution in [3.05, 3.63) is 35.0 Å². The first-order valence-electron chi connectivity index (χ1n) is 13.7. The Morgan fingerprint density at radius 3 is 2.67 bits per heavy atom. The van der Waals surface area contributed by atoms with Crippen LogP contribution >= 0.6 is 0 Å². The summed E-state index contributed by atoms with van der Waals surface area (Å²) in [4.78, 5) is 23.6. The number of aromatic nitrogens is 6. The number of aryl methyl sites for hydroxylation is 1. The number of likely N-dealkylation sites (N-methyl/N-ethyl adjacent to an activating group) is 1. The van der Waals surface area contributed by atoms with Crippen molar-refractivity contribution in [1.82, 2.24) is 38.3 Å². The second kappa shape index (κ2) is 12.0. The summed E-state index contributed by atoms with van der Waals surface area (Å²) in [5.41, 5.74) is 1.54. The SMILES string of the molecule is CCCCn1c(=O)n2cnnc2c2[nH]c(-c3cc(S(=O)(=O)N(C)CCN4CCOCC4)ccc3OCCC)nc21. The zero-order valence-corrected chi connectivity index (χ0v) is 24.0. The van der Waals surface area contributed by atoms with E-state index in [-0.39, 0.29) is 10.6 Å². The van der Waals surface area contributed by atoms with E-state index in [1.807, 2.05) is 6.92 Å². The molecule has 0 amide bonds. The van der Waals surface area contributed by atoms with Gasteiger partial charge >= 0.3 is 5.69 Å². The molecule has 1 fully saturated rings. The molecule has 4 heterocycles. The van der Waals surface area contributed by atoms with Crippen molar-refractivity contribution in [3.63, 3.8) is 0 Å². The van der Waals surface area contributed by atoms with Crippen LogP contribution in [-0.2, 0) is 21.3 Å². The molecule has 0 atom stereocenters. The Balaban J connectivity index is 1.56. The van der Waals surface area contributed by atoms with E-state index in [1.54, 1.807) is 29.8 Å². The van der Waals surface area contributed by atoms with E-state index in [1.165, 1.54) is 15.0 Å². The monoisotopic (exact) mass is 572 g/mol. The zero-order chi connectivity index (χ0) is 28.3. The molecule has 0 bridgehead atoms. The van der Waals surface area contributed by atoms with Gasteiger partial charge in [-0.2, -0.15) is 4.31 Å². The highest BCUT2D eigenvalue weighted by Gasteiger charge is 2.25. The first kappa shape index (κ1) is 28.2. The van der Waals surface area contributed by atoms with E-state index in [9.17, 15) is 13.2 Å². The lowest BCUT2D eigenvalue weighted by molar-refractivity contribution is 0.0368. The summed E-state index contributed by atoms with van der Waals surface area (Å²) in [6.45, 7) is 8.84. The van der Waals surface area contributed by atoms with Crippen molar-refractivity contribution in [3.8, 4) is 17.1 Å². The number of nitrogens with zero attached hydrogens (tertiary/aromatic N) is 7. The minimum absolute atomic E-state index is 0.132. The van der Waals surface area contributed by atoms with E-state index < -0.39 is 10.0 Å². The van der Waals surface area contributed by atoms with E-state index in [2.05, 4.69) is 27.0 Å². The highest BCUT2D eigenvalue weighted by molar-refractivity contribution is 7.89. The molecule has 13 nitrogen and oxygen atoms in total. The second-order valence-electron chi connectivity index (χ2n) is 9.88. The maximum atomic E-state index is 13.6. The Morgan fingerprint density at radius 1 is 1.12 bits per heavy atom. The van der Waals surface area contributed by atoms with Crippen molar-refractivity contribution in [1.29, 1.82) is 0 Å². The lowest BCUT2D eigenvalue weighted by Gasteiger charge is -2.28. The molecular formula is C26H36N8O5S. The highest BCUT2D eigenvalue weighted by Crippen LogP contribution is 2.33. The van der Waals surface area contributed by atoms with E-state index in [0.717, 1.165) is 32.4 Å². The molecule has 0 aliphatic carbocycles. The van der Waals surface area contributed by atoms with Crippen LogP contribution in [0.3, 0.4) is 0 Å². The number of morpholine rings is 1. The number of ether oxygens (including phenoxy) is 2. The van der Waals surface area contributed by atoms with Gasteiger partial charge in [-0.25, -0.2) is 22.6 Å². The van der Waals surface area contributed by atoms with Crippen molar-refractivity contribution < 1.29 is 17.9 Å². The van der Waals surface area contributed by atoms with Crippen LogP contribution in [-0.4, -0.2) is 99.8 Å². The van der Waals surface area contributed by atoms with E-state index in [0.29, 0.717) is 73.4 Å². The smallest absolute Gasteiger partial charge is 0.336 e. The van der Waals surface area contributed by atoms with Crippen LogP contribution in [0.1, 0.15) is 33.1 Å². The number of fused-ring (bicyclic) bond motifs is 3. The Hall–Kier alpha value is -3.33. The van der Waals surface area contributed by atoms with Crippen LogP contribution in [0.25, 0.3) is 28.2 Å². The number of H-pyrrole nitrogens is 1. The Bertz CT molecular complexity index is 1640. The fourth-order valence-corrected chi connectivity index (χ4v) is 5.92. The lowest BCUT2D eigenvalue weighted by Crippen LogP contribution is -2.41. The molecule has 14 heteroatoms. The molecule has 1 aliphatic heterocycles. The summed E-state index contributed by atoms with van der Waals surface area (Å²) in [6, 6.07) is 4.81. The van der Waals surface area contributed by atoms with Crippen molar-refractivity contribution in [2.24, 2.45) is 0 Å². The number of rotatable bonds is 12. The molecule has 40 heavy (non-hydrogen) atoms. The molecule has 3 aromatic heterocycles. The van der Waals surface area contributed by atoms with Crippen LogP contribution < -0.4 is 10.4 Å². The molecular weight excluding hydrogens is 536 g/mol. The molecule has 5 rings (SSSR count). The predicted molar refractivity (Wildman–Crippen MR) is 150 cm³/mol. The molecule has 1 aliphatic rings. The number of hydrogen-bond acceptors (Lipinski definition) is 9. The van der Waals surface area contributed by atoms with Gasteiger partial charge in [0.15, 0.2) is 11.3 Å². The van der Waals surface area contributed by atoms with Gasteiger partial charge in [0.25, 0.3) is 0 Å². The van der Waals surface area contributed by atoms with Gasteiger partial charge in [0, 0.05) is 39.8 Å². The van der Waals surface area contributed by atoms with Gasteiger partial charge in [-0.3, -0.25) is 9.47 Å². The van der Waals surface area contributed by atoms with Gasteiger partial charge < -0.3 is 14.5 Å². The van der Waals surface area contributed by atoms with E-state index in [4.69, 9.17) is 14.5 Å². The quantitative estimate of drug-likeness (QED) is 0.270. The fraction of sp³-hybridized carbons (Fsp3) is 0.538. The minimum atomic E-state index is -3.79. The van der Waals surface area contributed by atoms with Gasteiger partial charge in [-0.05, 0) is 31.0 Å². The molecule has 1 N–H and O–H groups in total. The topological polar surface area (TPSA) is 140 Å². The standard InChI is InChI=1S/C26H36N8O5S/c1-4-6-9-33-24-22(25-30-27-18-34(25)26(33)35)28-23(29-24)20-17-19(7-8-21(20)39-14-5-2)40(36,37)31(3)10-11-32-12-15-38-16-13-32/h7-8,17-18H,4-6,9-16H2,1-3H3,(H,28,29). The summed E-state index contributed by atoms with van der Waals surface area (Å²) >= 11 is 0. The third kappa shape index (κ3) is 5.48. The number of imidazole rings is 1. The maximum Gasteiger partial charge on any atom is 0.336 e. The summed E-state index contributed by atoms with van der Waals surface area (Å²) < 4.78 is 42.9. The third-order valence-corrected chi connectivity index (χ3v) is 8.95. The van der Waals surface area contributed by atoms with Crippen LogP contribution in [0.2, 0.25) is 0 Å². The van der Waals surface area contributed by atoms with Crippen molar-refractivity contribution in [2.75, 3.05) is 53.0 Å². The van der Waals surface area contributed by atoms with E-state index >= 15 is 0 Å². The largest absolute Gasteiger partial charge is 0.493 e. The molecule has 1 aromatic carbocycles. The van der Waals surface area contributed by atoms with Crippen molar-refractivity contribution >= 4 is 26.8 Å². The summed E-state index contributed by atoms with van der Waals surface area (Å²) in [7, 11) is -2.20. The molecule has 0 saturated carbocycles. The van der Waals surface area contributed by atoms with Gasteiger partial charge in [0.2, 0.25) is 10.0 Å². The molecule has 4 aromatic rings. The highest BCUT2D eigenvalue weighted by atomic mass is 32.2. The molecule has 1 saturated heterocycles. The number of nitrogens with one attached hydrogen (secondary N) is 1.